The van der Waals surface area contributed by atoms with Gasteiger partial charge in [0.15, 0.2) is 5.79 Å². The normalized spacial score (nSPS) is 13.7. The van der Waals surface area contributed by atoms with Crippen molar-refractivity contribution in [3.05, 3.63) is 79.5 Å². The molecule has 0 bridgehead atoms. The predicted octanol–water partition coefficient (Wildman–Crippen LogP) is 11.9. The quantitative estimate of drug-likeness (QED) is 0.135. The molecule has 4 aromatic rings. The number of aromatic nitrogens is 4. The monoisotopic (exact) mass is 728 g/mol. The predicted molar refractivity (Wildman–Crippen MR) is 189 cm³/mol. The van der Waals surface area contributed by atoms with Gasteiger partial charge in [-0.05, 0) is 75.9 Å². The smallest absolute Gasteiger partial charge is 0.164 e. The van der Waals surface area contributed by atoms with E-state index >= 15 is 0 Å². The highest BCUT2D eigenvalue weighted by molar-refractivity contribution is 7.99. The summed E-state index contributed by atoms with van der Waals surface area (Å²) in [5, 5.41) is 4.40. The zero-order valence-corrected chi connectivity index (χ0v) is 31.9. The number of imidazole rings is 2. The van der Waals surface area contributed by atoms with Crippen molar-refractivity contribution in [3.8, 4) is 0 Å². The maximum Gasteiger partial charge on any atom is 0.164 e. The number of rotatable bonds is 12. The molecular weight excluding hydrogens is 690 g/mol. The van der Waals surface area contributed by atoms with Crippen molar-refractivity contribution in [1.29, 1.82) is 0 Å². The molecule has 0 aliphatic heterocycles. The lowest BCUT2D eigenvalue weighted by atomic mass is 10.1. The second-order valence-corrected chi connectivity index (χ2v) is 16.0. The number of nitrogens with zero attached hydrogens (tertiary/aromatic N) is 4. The Morgan fingerprint density at radius 3 is 1.20 bits per heavy atom. The molecule has 2 unspecified atom stereocenters. The second-order valence-electron chi connectivity index (χ2n) is 12.1. The molecule has 2 heterocycles. The maximum atomic E-state index is 6.55. The summed E-state index contributed by atoms with van der Waals surface area (Å²) in [5.41, 5.74) is 1.97. The molecular formula is C33H40Cl4N4O2S2. The minimum Gasteiger partial charge on any atom is -0.340 e. The zero-order chi connectivity index (χ0) is 33.4. The Labute approximate surface area is 295 Å². The van der Waals surface area contributed by atoms with E-state index in [2.05, 4.69) is 36.8 Å². The number of ether oxygens (including phenoxy) is 2. The molecule has 6 nitrogen and oxygen atoms in total. The number of hydrogen-bond acceptors (Lipinski definition) is 6. The summed E-state index contributed by atoms with van der Waals surface area (Å²) in [4.78, 5) is 12.0. The number of benzene rings is 2. The van der Waals surface area contributed by atoms with Gasteiger partial charge in [-0.3, -0.25) is 0 Å². The topological polar surface area (TPSA) is 54.1 Å². The summed E-state index contributed by atoms with van der Waals surface area (Å²) in [6.07, 6.45) is -0.725. The van der Waals surface area contributed by atoms with Gasteiger partial charge in [-0.15, -0.1) is 0 Å². The molecule has 244 valence electrons. The van der Waals surface area contributed by atoms with Gasteiger partial charge in [0.1, 0.15) is 33.9 Å². The fourth-order valence-electron chi connectivity index (χ4n) is 5.15. The largest absolute Gasteiger partial charge is 0.340 e. The average Bonchev–Trinajstić information content (AvgIpc) is 3.39. The summed E-state index contributed by atoms with van der Waals surface area (Å²) < 4.78 is 17.3. The van der Waals surface area contributed by atoms with Crippen LogP contribution in [-0.2, 0) is 23.6 Å². The van der Waals surface area contributed by atoms with Crippen molar-refractivity contribution in [3.63, 3.8) is 0 Å². The van der Waals surface area contributed by atoms with E-state index in [0.717, 1.165) is 42.9 Å². The standard InChI is InChI=1S/C33H40Cl4N4O2S2/c1-17(2)27-31(44-25-13-21(34)11-22(35)14-25)40(9)29(38-27)19(5)42-33(7,8)43-20(6)30-39-28(18(3)4)32(41(30)10)45-26-15-23(36)12-24(37)16-26/h11-20H,1-10H3. The van der Waals surface area contributed by atoms with E-state index in [1.807, 2.05) is 66.1 Å². The lowest BCUT2D eigenvalue weighted by Gasteiger charge is -2.31. The van der Waals surface area contributed by atoms with E-state index in [-0.39, 0.29) is 24.0 Å². The van der Waals surface area contributed by atoms with E-state index in [1.54, 1.807) is 35.7 Å². The van der Waals surface area contributed by atoms with Crippen LogP contribution < -0.4 is 0 Å². The van der Waals surface area contributed by atoms with Crippen LogP contribution in [0.2, 0.25) is 20.1 Å². The molecule has 0 saturated carbocycles. The molecule has 2 atom stereocenters. The van der Waals surface area contributed by atoms with Gasteiger partial charge in [-0.2, -0.15) is 0 Å². The molecule has 0 aliphatic carbocycles. The van der Waals surface area contributed by atoms with Crippen LogP contribution in [0.15, 0.2) is 56.2 Å². The molecule has 2 aromatic carbocycles. The zero-order valence-electron chi connectivity index (χ0n) is 27.2. The molecule has 4 rings (SSSR count). The van der Waals surface area contributed by atoms with Crippen LogP contribution >= 0.6 is 69.9 Å². The molecule has 0 radical (unpaired) electrons. The Hall–Kier alpha value is -1.36. The molecule has 0 fully saturated rings. The van der Waals surface area contributed by atoms with Gasteiger partial charge in [0.25, 0.3) is 0 Å². The lowest BCUT2D eigenvalue weighted by Crippen LogP contribution is -2.32. The van der Waals surface area contributed by atoms with Gasteiger partial charge in [0.05, 0.1) is 11.4 Å². The van der Waals surface area contributed by atoms with Crippen molar-refractivity contribution >= 4 is 69.9 Å². The third-order valence-electron chi connectivity index (χ3n) is 7.05. The third-order valence-corrected chi connectivity index (χ3v) is 10.2. The summed E-state index contributed by atoms with van der Waals surface area (Å²) in [5.74, 6) is 1.06. The van der Waals surface area contributed by atoms with Crippen molar-refractivity contribution < 1.29 is 9.47 Å². The summed E-state index contributed by atoms with van der Waals surface area (Å²) in [7, 11) is 4.01. The van der Waals surface area contributed by atoms with Gasteiger partial charge in [0, 0.05) is 44.0 Å². The highest BCUT2D eigenvalue weighted by Gasteiger charge is 2.32. The molecule has 0 amide bonds. The second kappa shape index (κ2) is 14.8. The number of halogens is 4. The van der Waals surface area contributed by atoms with Crippen LogP contribution in [0.5, 0.6) is 0 Å². The summed E-state index contributed by atoms with van der Waals surface area (Å²) >= 11 is 28.3. The van der Waals surface area contributed by atoms with Gasteiger partial charge < -0.3 is 18.6 Å². The lowest BCUT2D eigenvalue weighted by molar-refractivity contribution is -0.259. The number of hydrogen-bond donors (Lipinski definition) is 0. The minimum absolute atomic E-state index is 0.201. The van der Waals surface area contributed by atoms with Crippen LogP contribution in [0.25, 0.3) is 0 Å². The van der Waals surface area contributed by atoms with Gasteiger partial charge in [0.2, 0.25) is 0 Å². The SMILES string of the molecule is CC(C)c1nc(C(C)OC(C)(C)OC(C)c2nc(C(C)C)c(Sc3cc(Cl)cc(Cl)c3)n2C)n(C)c1Sc1cc(Cl)cc(Cl)c1. The summed E-state index contributed by atoms with van der Waals surface area (Å²) in [6.45, 7) is 16.4. The first-order valence-electron chi connectivity index (χ1n) is 14.7. The first kappa shape index (κ1) is 36.5. The van der Waals surface area contributed by atoms with Gasteiger partial charge in [-0.25, -0.2) is 9.97 Å². The maximum absolute atomic E-state index is 6.55. The molecule has 2 aromatic heterocycles. The Morgan fingerprint density at radius 2 is 0.911 bits per heavy atom. The van der Waals surface area contributed by atoms with E-state index in [0.29, 0.717) is 20.1 Å². The van der Waals surface area contributed by atoms with Crippen molar-refractivity contribution in [2.24, 2.45) is 14.1 Å². The van der Waals surface area contributed by atoms with Crippen LogP contribution in [0.1, 0.15) is 102 Å². The van der Waals surface area contributed by atoms with E-state index in [1.165, 1.54) is 0 Å². The molecule has 0 aliphatic rings. The third kappa shape index (κ3) is 8.96. The Morgan fingerprint density at radius 1 is 0.600 bits per heavy atom. The van der Waals surface area contributed by atoms with Crippen LogP contribution in [0, 0.1) is 0 Å². The summed E-state index contributed by atoms with van der Waals surface area (Å²) in [6, 6.07) is 11.1. The van der Waals surface area contributed by atoms with Crippen molar-refractivity contribution in [1.82, 2.24) is 19.1 Å². The van der Waals surface area contributed by atoms with E-state index < -0.39 is 5.79 Å². The Bertz CT molecular complexity index is 1510. The highest BCUT2D eigenvalue weighted by atomic mass is 35.5. The Balaban J connectivity index is 1.55. The molecule has 0 saturated heterocycles. The van der Waals surface area contributed by atoms with Crippen molar-refractivity contribution in [2.45, 2.75) is 105 Å². The first-order chi connectivity index (χ1) is 21.0. The van der Waals surface area contributed by atoms with Gasteiger partial charge >= 0.3 is 0 Å². The van der Waals surface area contributed by atoms with Crippen LogP contribution in [0.4, 0.5) is 0 Å². The van der Waals surface area contributed by atoms with Crippen molar-refractivity contribution in [2.75, 3.05) is 0 Å². The fourth-order valence-corrected chi connectivity index (χ4v) is 8.88. The minimum atomic E-state index is -0.950. The molecule has 0 N–H and O–H groups in total. The van der Waals surface area contributed by atoms with E-state index in [4.69, 9.17) is 65.8 Å². The molecule has 0 spiro atoms. The highest BCUT2D eigenvalue weighted by Crippen LogP contribution is 2.41. The van der Waals surface area contributed by atoms with Crippen LogP contribution in [0.3, 0.4) is 0 Å². The van der Waals surface area contributed by atoms with E-state index in [9.17, 15) is 0 Å². The molecule has 45 heavy (non-hydrogen) atoms. The Kier molecular flexibility index (Phi) is 12.0. The van der Waals surface area contributed by atoms with Crippen LogP contribution in [-0.4, -0.2) is 24.9 Å². The van der Waals surface area contributed by atoms with Gasteiger partial charge in [-0.1, -0.05) is 97.6 Å². The molecule has 12 heteroatoms. The fraction of sp³-hybridized carbons (Fsp3) is 0.455. The first-order valence-corrected chi connectivity index (χ1v) is 17.9. The average molecular weight is 731 g/mol.